The van der Waals surface area contributed by atoms with Crippen molar-refractivity contribution in [2.75, 3.05) is 18.4 Å². The average Bonchev–Trinajstić information content (AvgIpc) is 3.01. The predicted octanol–water partition coefficient (Wildman–Crippen LogP) is 3.21. The van der Waals surface area contributed by atoms with Crippen LogP contribution in [0.15, 0.2) is 56.6 Å². The molecule has 0 spiro atoms. The Labute approximate surface area is 184 Å². The molecular weight excluding hydrogens is 442 g/mol. The highest BCUT2D eigenvalue weighted by molar-refractivity contribution is 7.89. The fourth-order valence-corrected chi connectivity index (χ4v) is 5.49. The second-order valence-corrected chi connectivity index (χ2v) is 10.0. The number of rotatable bonds is 5. The number of nitrogens with zero attached hydrogens (tertiary/aromatic N) is 2. The molecule has 10 heteroatoms. The lowest BCUT2D eigenvalue weighted by atomic mass is 9.94. The molecule has 1 saturated heterocycles. The molecule has 4 rings (SSSR count). The number of hydrogen-bond acceptors (Lipinski definition) is 5. The average molecular weight is 464 g/mol. The molecule has 0 bridgehead atoms. The van der Waals surface area contributed by atoms with Crippen LogP contribution in [-0.2, 0) is 21.9 Å². The van der Waals surface area contributed by atoms with Crippen molar-refractivity contribution in [1.29, 1.82) is 0 Å². The van der Waals surface area contributed by atoms with Crippen LogP contribution in [0.3, 0.4) is 0 Å². The van der Waals surface area contributed by atoms with Gasteiger partial charge in [0.1, 0.15) is 0 Å². The number of anilines is 1. The second-order valence-electron chi connectivity index (χ2n) is 7.67. The van der Waals surface area contributed by atoms with Crippen LogP contribution in [0.1, 0.15) is 19.3 Å². The number of hydrogen-bond donors (Lipinski definition) is 1. The molecule has 3 aromatic rings. The number of piperidine rings is 1. The molecule has 1 aromatic heterocycles. The highest BCUT2D eigenvalue weighted by atomic mass is 35.5. The van der Waals surface area contributed by atoms with E-state index in [9.17, 15) is 18.0 Å². The normalized spacial score (nSPS) is 15.9. The van der Waals surface area contributed by atoms with Gasteiger partial charge in [0.05, 0.1) is 10.4 Å². The van der Waals surface area contributed by atoms with Crippen LogP contribution < -0.4 is 11.1 Å². The summed E-state index contributed by atoms with van der Waals surface area (Å²) < 4.78 is 33.9. The Morgan fingerprint density at radius 2 is 1.94 bits per heavy atom. The van der Waals surface area contributed by atoms with Gasteiger partial charge in [0.2, 0.25) is 15.9 Å². The Balaban J connectivity index is 1.38. The molecule has 0 atom stereocenters. The first kappa shape index (κ1) is 21.6. The van der Waals surface area contributed by atoms with E-state index < -0.39 is 15.8 Å². The maximum Gasteiger partial charge on any atom is 0.419 e. The highest BCUT2D eigenvalue weighted by Gasteiger charge is 2.30. The van der Waals surface area contributed by atoms with Crippen molar-refractivity contribution in [1.82, 2.24) is 8.87 Å². The van der Waals surface area contributed by atoms with Gasteiger partial charge in [0.15, 0.2) is 5.58 Å². The van der Waals surface area contributed by atoms with Crippen LogP contribution in [0.25, 0.3) is 11.1 Å². The number of aryl methyl sites for hydroxylation is 1. The summed E-state index contributed by atoms with van der Waals surface area (Å²) in [4.78, 5) is 24.1. The van der Waals surface area contributed by atoms with Crippen LogP contribution in [0.5, 0.6) is 0 Å². The van der Waals surface area contributed by atoms with Crippen molar-refractivity contribution in [3.8, 4) is 0 Å². The van der Waals surface area contributed by atoms with E-state index in [1.165, 1.54) is 21.0 Å². The topological polar surface area (TPSA) is 102 Å². The largest absolute Gasteiger partial charge is 0.419 e. The molecule has 2 heterocycles. The summed E-state index contributed by atoms with van der Waals surface area (Å²) in [7, 11) is -2.15. The zero-order chi connectivity index (χ0) is 22.2. The number of nitrogens with one attached hydrogen (secondary N) is 1. The van der Waals surface area contributed by atoms with Gasteiger partial charge in [-0.15, -0.1) is 0 Å². The number of carbonyl (C=O) groups excluding carboxylic acids is 1. The van der Waals surface area contributed by atoms with E-state index in [2.05, 4.69) is 5.32 Å². The van der Waals surface area contributed by atoms with Gasteiger partial charge in [-0.05, 0) is 49.1 Å². The molecule has 0 aliphatic carbocycles. The monoisotopic (exact) mass is 463 g/mol. The van der Waals surface area contributed by atoms with E-state index in [0.717, 1.165) is 0 Å². The fraction of sp³-hybridized carbons (Fsp3) is 0.333. The lowest BCUT2D eigenvalue weighted by Gasteiger charge is -2.31. The third-order valence-corrected chi connectivity index (χ3v) is 7.69. The van der Waals surface area contributed by atoms with Crippen molar-refractivity contribution in [2.45, 2.75) is 24.2 Å². The van der Waals surface area contributed by atoms with Crippen LogP contribution in [0.2, 0.25) is 5.02 Å². The van der Waals surface area contributed by atoms with Crippen LogP contribution in [-0.4, -0.2) is 36.3 Å². The van der Waals surface area contributed by atoms with Crippen LogP contribution in [0, 0.1) is 5.92 Å². The first-order valence-corrected chi connectivity index (χ1v) is 11.7. The number of amides is 1. The number of benzene rings is 2. The standard InChI is InChI=1S/C21H22ClN3O5S/c1-24-18-6-5-17(13-19(18)30-21(24)27)31(28,29)25-9-7-14(8-10-25)11-20(26)23-16-4-2-3-15(22)12-16/h2-6,12-14H,7-11H2,1H3,(H,23,26). The summed E-state index contributed by atoms with van der Waals surface area (Å²) >= 11 is 5.93. The second kappa shape index (κ2) is 8.49. The maximum absolute atomic E-state index is 13.0. The maximum atomic E-state index is 13.0. The quantitative estimate of drug-likeness (QED) is 0.626. The molecule has 0 unspecified atom stereocenters. The molecule has 2 aromatic carbocycles. The molecule has 1 amide bonds. The highest BCUT2D eigenvalue weighted by Crippen LogP contribution is 2.27. The minimum Gasteiger partial charge on any atom is -0.408 e. The summed E-state index contributed by atoms with van der Waals surface area (Å²) in [5, 5.41) is 3.37. The van der Waals surface area contributed by atoms with Gasteiger partial charge in [0, 0.05) is 43.3 Å². The summed E-state index contributed by atoms with van der Waals surface area (Å²) in [6, 6.07) is 11.4. The fourth-order valence-electron chi connectivity index (χ4n) is 3.82. The first-order chi connectivity index (χ1) is 14.7. The number of carbonyl (C=O) groups is 1. The summed E-state index contributed by atoms with van der Waals surface area (Å²) in [6.07, 6.45) is 1.50. The van der Waals surface area contributed by atoms with Crippen molar-refractivity contribution >= 4 is 44.3 Å². The van der Waals surface area contributed by atoms with Gasteiger partial charge in [-0.25, -0.2) is 13.2 Å². The lowest BCUT2D eigenvalue weighted by molar-refractivity contribution is -0.117. The van der Waals surface area contributed by atoms with Gasteiger partial charge in [0.25, 0.3) is 0 Å². The Morgan fingerprint density at radius 1 is 1.19 bits per heavy atom. The van der Waals surface area contributed by atoms with E-state index in [1.54, 1.807) is 37.4 Å². The minimum absolute atomic E-state index is 0.0894. The molecule has 1 N–H and O–H groups in total. The smallest absolute Gasteiger partial charge is 0.408 e. The first-order valence-electron chi connectivity index (χ1n) is 9.89. The van der Waals surface area contributed by atoms with E-state index in [1.807, 2.05) is 0 Å². The Hall–Kier alpha value is -2.62. The van der Waals surface area contributed by atoms with Crippen LogP contribution >= 0.6 is 11.6 Å². The van der Waals surface area contributed by atoms with Gasteiger partial charge in [-0.2, -0.15) is 4.31 Å². The summed E-state index contributed by atoms with van der Waals surface area (Å²) in [5.74, 6) is -0.560. The Kier molecular flexibility index (Phi) is 5.92. The SMILES string of the molecule is Cn1c(=O)oc2cc(S(=O)(=O)N3CCC(CC(=O)Nc4cccc(Cl)c4)CC3)ccc21. The van der Waals surface area contributed by atoms with Gasteiger partial charge in [-0.3, -0.25) is 9.36 Å². The Morgan fingerprint density at radius 3 is 2.65 bits per heavy atom. The minimum atomic E-state index is -3.72. The molecule has 1 aliphatic heterocycles. The van der Waals surface area contributed by atoms with E-state index >= 15 is 0 Å². The van der Waals surface area contributed by atoms with Gasteiger partial charge in [-0.1, -0.05) is 17.7 Å². The molecular formula is C21H22ClN3O5S. The molecule has 164 valence electrons. The van der Waals surface area contributed by atoms with Gasteiger partial charge < -0.3 is 9.73 Å². The van der Waals surface area contributed by atoms with Crippen molar-refractivity contribution in [3.05, 3.63) is 58.0 Å². The third-order valence-electron chi connectivity index (χ3n) is 5.56. The predicted molar refractivity (Wildman–Crippen MR) is 118 cm³/mol. The molecule has 0 radical (unpaired) electrons. The number of fused-ring (bicyclic) bond motifs is 1. The molecule has 31 heavy (non-hydrogen) atoms. The summed E-state index contributed by atoms with van der Waals surface area (Å²) in [6.45, 7) is 0.655. The Bertz CT molecular complexity index is 1290. The molecule has 0 saturated carbocycles. The van der Waals surface area contributed by atoms with Gasteiger partial charge >= 0.3 is 5.76 Å². The zero-order valence-corrected chi connectivity index (χ0v) is 18.4. The number of sulfonamides is 1. The molecule has 1 fully saturated rings. The molecule has 8 nitrogen and oxygen atoms in total. The number of aromatic nitrogens is 1. The van der Waals surface area contributed by atoms with Crippen molar-refractivity contribution < 1.29 is 17.6 Å². The lowest BCUT2D eigenvalue weighted by Crippen LogP contribution is -2.39. The van der Waals surface area contributed by atoms with Crippen molar-refractivity contribution in [3.63, 3.8) is 0 Å². The number of oxazole rings is 1. The van der Waals surface area contributed by atoms with E-state index in [4.69, 9.17) is 16.0 Å². The third kappa shape index (κ3) is 4.53. The molecule has 1 aliphatic rings. The van der Waals surface area contributed by atoms with Crippen LogP contribution in [0.4, 0.5) is 5.69 Å². The number of halogens is 1. The zero-order valence-electron chi connectivity index (χ0n) is 16.9. The van der Waals surface area contributed by atoms with E-state index in [-0.39, 0.29) is 22.3 Å². The summed E-state index contributed by atoms with van der Waals surface area (Å²) in [5.41, 5.74) is 1.41. The van der Waals surface area contributed by atoms with Crippen molar-refractivity contribution in [2.24, 2.45) is 13.0 Å². The van der Waals surface area contributed by atoms with E-state index in [0.29, 0.717) is 48.6 Å².